The van der Waals surface area contributed by atoms with Crippen LogP contribution in [0.2, 0.25) is 0 Å². The lowest BCUT2D eigenvalue weighted by molar-refractivity contribution is 0.388. The molecule has 8 aromatic carbocycles. The van der Waals surface area contributed by atoms with E-state index >= 15 is 0 Å². The Morgan fingerprint density at radius 2 is 0.667 bits per heavy atom. The van der Waals surface area contributed by atoms with Crippen molar-refractivity contribution < 1.29 is 25.2 Å². The quantitative estimate of drug-likeness (QED) is 0.165. The van der Waals surface area contributed by atoms with Gasteiger partial charge in [0.15, 0.2) is 23.0 Å². The van der Waals surface area contributed by atoms with E-state index in [0.717, 1.165) is 43.1 Å². The number of aromatic hydroxyl groups is 4. The van der Waals surface area contributed by atoms with Crippen LogP contribution in [-0.2, 0) is 0 Å². The summed E-state index contributed by atoms with van der Waals surface area (Å²) in [4.78, 5) is 0. The fraction of sp³-hybridized carbons (Fsp3) is 0. The molecule has 0 atom stereocenters. The number of benzene rings is 8. The zero-order chi connectivity index (χ0) is 30.7. The normalized spacial score (nSPS) is 11.5. The first-order valence-electron chi connectivity index (χ1n) is 14.6. The largest absolute Gasteiger partial charge is 0.507 e. The molecule has 216 valence electrons. The van der Waals surface area contributed by atoms with Crippen LogP contribution in [0.1, 0.15) is 0 Å². The first-order chi connectivity index (χ1) is 22.0. The molecule has 8 rings (SSSR count). The molecule has 0 saturated carbocycles. The second-order valence-corrected chi connectivity index (χ2v) is 11.1. The molecule has 0 aliphatic rings. The van der Waals surface area contributed by atoms with Gasteiger partial charge < -0.3 is 25.2 Å². The molecule has 0 radical (unpaired) electrons. The molecule has 0 unspecified atom stereocenters. The van der Waals surface area contributed by atoms with Gasteiger partial charge in [-0.2, -0.15) is 0 Å². The molecule has 0 aliphatic carbocycles. The topological polar surface area (TPSA) is 90.2 Å². The van der Waals surface area contributed by atoms with E-state index in [9.17, 15) is 20.4 Å². The minimum absolute atomic E-state index is 0.0218. The van der Waals surface area contributed by atoms with E-state index in [-0.39, 0.29) is 34.5 Å². The Kier molecular flexibility index (Phi) is 6.00. The summed E-state index contributed by atoms with van der Waals surface area (Å²) >= 11 is 0. The molecular formula is C40H26O5. The lowest BCUT2D eigenvalue weighted by Crippen LogP contribution is -1.94. The summed E-state index contributed by atoms with van der Waals surface area (Å²) in [6.07, 6.45) is 0. The minimum Gasteiger partial charge on any atom is -0.507 e. The number of hydrogen-bond acceptors (Lipinski definition) is 5. The molecule has 0 spiro atoms. The summed E-state index contributed by atoms with van der Waals surface area (Å²) in [6.45, 7) is 0. The second-order valence-electron chi connectivity index (χ2n) is 11.1. The van der Waals surface area contributed by atoms with Gasteiger partial charge in [-0.1, -0.05) is 109 Å². The Bertz CT molecular complexity index is 2290. The summed E-state index contributed by atoms with van der Waals surface area (Å²) in [5.41, 5.74) is 1.81. The van der Waals surface area contributed by atoms with Crippen molar-refractivity contribution in [2.45, 2.75) is 0 Å². The molecule has 4 N–H and O–H groups in total. The number of fused-ring (bicyclic) bond motifs is 4. The monoisotopic (exact) mass is 586 g/mol. The smallest absolute Gasteiger partial charge is 0.170 e. The first kappa shape index (κ1) is 26.4. The van der Waals surface area contributed by atoms with Crippen LogP contribution in [-0.4, -0.2) is 20.4 Å². The number of phenols is 4. The van der Waals surface area contributed by atoms with E-state index in [1.807, 2.05) is 109 Å². The SMILES string of the molecule is Oc1ccc2ccccc2c1-c1c(O)c(Oc2cc3ccccc3c(-c3c(O)ccc4ccccc34)c2O)cc2ccccc12. The van der Waals surface area contributed by atoms with Gasteiger partial charge in [0.1, 0.15) is 11.5 Å². The molecule has 0 bridgehead atoms. The maximum absolute atomic E-state index is 11.9. The zero-order valence-corrected chi connectivity index (χ0v) is 23.9. The van der Waals surface area contributed by atoms with Crippen molar-refractivity contribution in [3.63, 3.8) is 0 Å². The Hall–Kier alpha value is -6.20. The van der Waals surface area contributed by atoms with Crippen LogP contribution in [0, 0.1) is 0 Å². The highest BCUT2D eigenvalue weighted by atomic mass is 16.5. The lowest BCUT2D eigenvalue weighted by Gasteiger charge is -2.19. The fourth-order valence-corrected chi connectivity index (χ4v) is 6.45. The molecule has 0 saturated heterocycles. The van der Waals surface area contributed by atoms with Gasteiger partial charge in [-0.05, 0) is 67.4 Å². The zero-order valence-electron chi connectivity index (χ0n) is 23.9. The maximum Gasteiger partial charge on any atom is 0.170 e. The van der Waals surface area contributed by atoms with E-state index in [4.69, 9.17) is 4.74 Å². The number of ether oxygens (including phenoxy) is 1. The van der Waals surface area contributed by atoms with E-state index in [1.54, 1.807) is 24.3 Å². The van der Waals surface area contributed by atoms with E-state index in [1.165, 1.54) is 0 Å². The summed E-state index contributed by atoms with van der Waals surface area (Å²) < 4.78 is 6.42. The van der Waals surface area contributed by atoms with Gasteiger partial charge in [-0.25, -0.2) is 0 Å². The lowest BCUT2D eigenvalue weighted by atomic mass is 9.91. The molecule has 5 heteroatoms. The van der Waals surface area contributed by atoms with Crippen LogP contribution in [0.3, 0.4) is 0 Å². The molecule has 0 heterocycles. The first-order valence-corrected chi connectivity index (χ1v) is 14.6. The minimum atomic E-state index is -0.178. The van der Waals surface area contributed by atoms with Gasteiger partial charge in [0, 0.05) is 22.3 Å². The summed E-state index contributed by atoms with van der Waals surface area (Å²) in [6, 6.07) is 40.9. The van der Waals surface area contributed by atoms with Gasteiger partial charge in [-0.15, -0.1) is 0 Å². The predicted molar refractivity (Wildman–Crippen MR) is 181 cm³/mol. The number of rotatable bonds is 4. The van der Waals surface area contributed by atoms with Crippen molar-refractivity contribution in [2.24, 2.45) is 0 Å². The van der Waals surface area contributed by atoms with E-state index in [0.29, 0.717) is 22.3 Å². The summed E-state index contributed by atoms with van der Waals surface area (Å²) in [7, 11) is 0. The number of hydrogen-bond donors (Lipinski definition) is 4. The van der Waals surface area contributed by atoms with E-state index < -0.39 is 0 Å². The van der Waals surface area contributed by atoms with Crippen molar-refractivity contribution in [1.82, 2.24) is 0 Å². The third-order valence-corrected chi connectivity index (χ3v) is 8.51. The Labute approximate surface area is 258 Å². The highest BCUT2D eigenvalue weighted by Crippen LogP contribution is 2.53. The van der Waals surface area contributed by atoms with Crippen LogP contribution in [0.15, 0.2) is 133 Å². The standard InChI is InChI=1S/C40H26O5/c41-31-19-17-23-9-1-5-13-27(23)35(31)37-29-15-7-3-11-25(29)21-33(39(37)43)45-34-22-26-12-4-8-16-30(26)38(40(34)44)36-28-14-6-2-10-24(28)18-20-32(36)42/h1-22,41-44H. The van der Waals surface area contributed by atoms with Crippen LogP contribution >= 0.6 is 0 Å². The van der Waals surface area contributed by atoms with Crippen molar-refractivity contribution in [1.29, 1.82) is 0 Å². The predicted octanol–water partition coefficient (Wildman–Crippen LogP) is 10.2. The van der Waals surface area contributed by atoms with Gasteiger partial charge in [0.05, 0.1) is 0 Å². The van der Waals surface area contributed by atoms with Crippen LogP contribution < -0.4 is 4.74 Å². The third kappa shape index (κ3) is 4.17. The van der Waals surface area contributed by atoms with Crippen molar-refractivity contribution >= 4 is 43.1 Å². The van der Waals surface area contributed by atoms with Crippen molar-refractivity contribution in [3.05, 3.63) is 133 Å². The second kappa shape index (κ2) is 10.2. The molecule has 0 aliphatic heterocycles. The summed E-state index contributed by atoms with van der Waals surface area (Å²) in [5.74, 6) is -0.100. The van der Waals surface area contributed by atoms with Gasteiger partial charge >= 0.3 is 0 Å². The highest BCUT2D eigenvalue weighted by Gasteiger charge is 2.24. The molecule has 0 fully saturated rings. The molecular weight excluding hydrogens is 560 g/mol. The van der Waals surface area contributed by atoms with Gasteiger partial charge in [0.2, 0.25) is 0 Å². The molecule has 45 heavy (non-hydrogen) atoms. The van der Waals surface area contributed by atoms with Crippen LogP contribution in [0.4, 0.5) is 0 Å². The van der Waals surface area contributed by atoms with Gasteiger partial charge in [0.25, 0.3) is 0 Å². The maximum atomic E-state index is 11.9. The molecule has 0 amide bonds. The summed E-state index contributed by atoms with van der Waals surface area (Å²) in [5, 5.41) is 52.5. The Morgan fingerprint density at radius 3 is 1.07 bits per heavy atom. The number of phenolic OH excluding ortho intramolecular Hbond substituents is 4. The molecule has 0 aromatic heterocycles. The Morgan fingerprint density at radius 1 is 0.333 bits per heavy atom. The molecule has 8 aromatic rings. The van der Waals surface area contributed by atoms with Crippen molar-refractivity contribution in [3.8, 4) is 56.8 Å². The molecule has 5 nitrogen and oxygen atoms in total. The third-order valence-electron chi connectivity index (χ3n) is 8.51. The average Bonchev–Trinajstić information content (AvgIpc) is 3.07. The van der Waals surface area contributed by atoms with Crippen molar-refractivity contribution in [2.75, 3.05) is 0 Å². The van der Waals surface area contributed by atoms with E-state index in [2.05, 4.69) is 0 Å². The Balaban J connectivity index is 1.40. The van der Waals surface area contributed by atoms with Crippen LogP contribution in [0.25, 0.3) is 65.3 Å². The average molecular weight is 587 g/mol. The fourth-order valence-electron chi connectivity index (χ4n) is 6.45. The van der Waals surface area contributed by atoms with Gasteiger partial charge in [-0.3, -0.25) is 0 Å². The van der Waals surface area contributed by atoms with Crippen LogP contribution in [0.5, 0.6) is 34.5 Å². The highest BCUT2D eigenvalue weighted by molar-refractivity contribution is 6.12.